The van der Waals surface area contributed by atoms with Crippen LogP contribution >= 0.6 is 11.6 Å². The number of benzene rings is 2. The third-order valence-electron chi connectivity index (χ3n) is 7.50. The molecule has 3 aromatic rings. The molecule has 210 valence electrons. The average molecular weight is 559 g/mol. The smallest absolute Gasteiger partial charge is 0.310 e. The molecule has 0 bridgehead atoms. The molecule has 0 unspecified atom stereocenters. The number of carbonyl (C=O) groups excluding carboxylic acids is 1. The van der Waals surface area contributed by atoms with Gasteiger partial charge in [0, 0.05) is 35.6 Å². The van der Waals surface area contributed by atoms with Crippen molar-refractivity contribution in [2.75, 3.05) is 39.5 Å². The summed E-state index contributed by atoms with van der Waals surface area (Å²) >= 11 is 6.08. The zero-order valence-electron chi connectivity index (χ0n) is 22.2. The molecule has 2 aromatic carbocycles. The van der Waals surface area contributed by atoms with Crippen molar-refractivity contribution in [1.29, 1.82) is 0 Å². The van der Waals surface area contributed by atoms with Gasteiger partial charge in [0.2, 0.25) is 0 Å². The van der Waals surface area contributed by atoms with Gasteiger partial charge in [-0.2, -0.15) is 15.4 Å². The first-order valence-electron chi connectivity index (χ1n) is 13.3. The monoisotopic (exact) mass is 558 g/mol. The van der Waals surface area contributed by atoms with E-state index in [1.807, 2.05) is 24.3 Å². The molecule has 3 N–H and O–H groups in total. The lowest BCUT2D eigenvalue weighted by Crippen LogP contribution is -2.61. The van der Waals surface area contributed by atoms with E-state index in [9.17, 15) is 19.4 Å². The molecule has 1 saturated heterocycles. The van der Waals surface area contributed by atoms with E-state index in [0.717, 1.165) is 29.7 Å². The highest BCUT2D eigenvalue weighted by Crippen LogP contribution is 2.33. The summed E-state index contributed by atoms with van der Waals surface area (Å²) in [6, 6.07) is 12.3. The number of likely N-dealkylation sites (tertiary alicyclic amines) is 1. The molecular formula is C29H36ClFN4O4. The van der Waals surface area contributed by atoms with Gasteiger partial charge in [0.15, 0.2) is 0 Å². The number of ether oxygens (including phenoxy) is 1. The number of hydrogen-bond donors (Lipinski definition) is 3. The Morgan fingerprint density at radius 3 is 2.59 bits per heavy atom. The summed E-state index contributed by atoms with van der Waals surface area (Å²) < 4.78 is 19.8. The number of aryl methyl sites for hydroxylation is 1. The molecule has 4 rings (SSSR count). The predicted octanol–water partition coefficient (Wildman–Crippen LogP) is 3.91. The Bertz CT molecular complexity index is 1200. The molecule has 1 fully saturated rings. The van der Waals surface area contributed by atoms with E-state index >= 15 is 0 Å². The van der Waals surface area contributed by atoms with E-state index in [-0.39, 0.29) is 36.8 Å². The number of halogens is 2. The fourth-order valence-corrected chi connectivity index (χ4v) is 5.55. The number of aliphatic hydroxyl groups is 2. The van der Waals surface area contributed by atoms with Gasteiger partial charge < -0.3 is 19.8 Å². The van der Waals surface area contributed by atoms with Crippen molar-refractivity contribution in [3.05, 3.63) is 70.8 Å². The maximum absolute atomic E-state index is 14.4. The van der Waals surface area contributed by atoms with E-state index in [1.54, 1.807) is 19.2 Å². The molecule has 2 atom stereocenters. The van der Waals surface area contributed by atoms with Crippen molar-refractivity contribution >= 4 is 17.6 Å². The number of rotatable bonds is 14. The minimum absolute atomic E-state index is 0.0838. The third kappa shape index (κ3) is 7.63. The van der Waals surface area contributed by atoms with Crippen molar-refractivity contribution in [2.24, 2.45) is 17.3 Å². The minimum Gasteiger partial charge on any atom is -0.466 e. The summed E-state index contributed by atoms with van der Waals surface area (Å²) in [5.74, 6) is -0.761. The second-order valence-corrected chi connectivity index (χ2v) is 11.0. The third-order valence-corrected chi connectivity index (χ3v) is 7.73. The minimum atomic E-state index is -0.504. The SMILES string of the molecule is CCOC(=O)[C@@H](C[C@H](CCc1cn[nH]n1)Cc1ccc(-c2cc(Cl)ccc2F)cc1)CN1CC(CO)(CO)C1. The van der Waals surface area contributed by atoms with Crippen molar-refractivity contribution in [2.45, 2.75) is 32.6 Å². The highest BCUT2D eigenvalue weighted by molar-refractivity contribution is 6.30. The molecule has 0 radical (unpaired) electrons. The molecule has 10 heteroatoms. The summed E-state index contributed by atoms with van der Waals surface area (Å²) in [6.45, 7) is 3.53. The van der Waals surface area contributed by atoms with Crippen LogP contribution < -0.4 is 0 Å². The van der Waals surface area contributed by atoms with Crippen LogP contribution in [-0.2, 0) is 22.4 Å². The first-order chi connectivity index (χ1) is 18.8. The number of aromatic amines is 1. The summed E-state index contributed by atoms with van der Waals surface area (Å²) in [5.41, 5.74) is 2.64. The van der Waals surface area contributed by atoms with Crippen LogP contribution in [0.15, 0.2) is 48.7 Å². The number of nitrogens with zero attached hydrogens (tertiary/aromatic N) is 3. The van der Waals surface area contributed by atoms with E-state index < -0.39 is 5.41 Å². The Labute approximate surface area is 233 Å². The molecule has 2 heterocycles. The first kappa shape index (κ1) is 29.1. The van der Waals surface area contributed by atoms with E-state index in [4.69, 9.17) is 16.3 Å². The Morgan fingerprint density at radius 2 is 1.95 bits per heavy atom. The van der Waals surface area contributed by atoms with Crippen LogP contribution in [0.3, 0.4) is 0 Å². The molecule has 0 spiro atoms. The lowest BCUT2D eigenvalue weighted by Gasteiger charge is -2.49. The molecule has 1 aliphatic rings. The second kappa shape index (κ2) is 13.5. The van der Waals surface area contributed by atoms with E-state index in [1.165, 1.54) is 12.1 Å². The normalized spacial score (nSPS) is 16.4. The van der Waals surface area contributed by atoms with Gasteiger partial charge in [0.1, 0.15) is 5.82 Å². The Kier molecular flexibility index (Phi) is 10.1. The van der Waals surface area contributed by atoms with Gasteiger partial charge in [-0.3, -0.25) is 4.79 Å². The number of nitrogens with one attached hydrogen (secondary N) is 1. The lowest BCUT2D eigenvalue weighted by molar-refractivity contribution is -0.152. The van der Waals surface area contributed by atoms with Gasteiger partial charge >= 0.3 is 5.97 Å². The zero-order chi connectivity index (χ0) is 27.8. The maximum Gasteiger partial charge on any atom is 0.310 e. The second-order valence-electron chi connectivity index (χ2n) is 10.6. The van der Waals surface area contributed by atoms with E-state index in [2.05, 4.69) is 20.3 Å². The largest absolute Gasteiger partial charge is 0.466 e. The molecule has 1 aromatic heterocycles. The summed E-state index contributed by atoms with van der Waals surface area (Å²) in [6.07, 6.45) is 4.55. The van der Waals surface area contributed by atoms with E-state index in [0.29, 0.717) is 49.7 Å². The topological polar surface area (TPSA) is 112 Å². The van der Waals surface area contributed by atoms with Crippen LogP contribution in [0.1, 0.15) is 31.0 Å². The maximum atomic E-state index is 14.4. The number of esters is 1. The highest BCUT2D eigenvalue weighted by Gasteiger charge is 2.43. The van der Waals surface area contributed by atoms with Crippen molar-refractivity contribution in [1.82, 2.24) is 20.3 Å². The number of carbonyl (C=O) groups is 1. The predicted molar refractivity (Wildman–Crippen MR) is 147 cm³/mol. The van der Waals surface area contributed by atoms with Crippen LogP contribution in [-0.4, -0.2) is 75.9 Å². The zero-order valence-corrected chi connectivity index (χ0v) is 22.9. The van der Waals surface area contributed by atoms with Gasteiger partial charge in [-0.05, 0) is 67.9 Å². The Balaban J connectivity index is 1.48. The number of aromatic nitrogens is 3. The molecule has 0 amide bonds. The molecule has 0 aliphatic carbocycles. The van der Waals surface area contributed by atoms with Crippen LogP contribution in [0, 0.1) is 23.1 Å². The fraction of sp³-hybridized carbons (Fsp3) is 0.483. The number of hydrogen-bond acceptors (Lipinski definition) is 7. The Morgan fingerprint density at radius 1 is 1.21 bits per heavy atom. The quantitative estimate of drug-likeness (QED) is 0.257. The molecular weight excluding hydrogens is 523 g/mol. The van der Waals surface area contributed by atoms with Crippen LogP contribution in [0.2, 0.25) is 5.02 Å². The van der Waals surface area contributed by atoms with Crippen LogP contribution in [0.25, 0.3) is 11.1 Å². The summed E-state index contributed by atoms with van der Waals surface area (Å²) in [5, 5.41) is 30.5. The fourth-order valence-electron chi connectivity index (χ4n) is 5.37. The highest BCUT2D eigenvalue weighted by atomic mass is 35.5. The van der Waals surface area contributed by atoms with Gasteiger partial charge in [-0.15, -0.1) is 0 Å². The standard InChI is InChI=1S/C29H36ClFN4O4/c1-2-39-28(38)23(15-35-16-29(17-35,18-36)19-37)12-21(5-9-25-14-32-34-33-25)11-20-3-6-22(7-4-20)26-13-24(30)8-10-27(26)31/h3-4,6-8,10,13-14,21,23,36-37H,2,5,9,11-12,15-19H2,1H3,(H,32,33,34)/t21-,23+/m1/s1. The summed E-state index contributed by atoms with van der Waals surface area (Å²) in [4.78, 5) is 15.1. The lowest BCUT2D eigenvalue weighted by atomic mass is 9.79. The van der Waals surface area contributed by atoms with Gasteiger partial charge in [-0.1, -0.05) is 35.9 Å². The molecule has 0 saturated carbocycles. The van der Waals surface area contributed by atoms with Crippen molar-refractivity contribution in [3.8, 4) is 11.1 Å². The van der Waals surface area contributed by atoms with Crippen LogP contribution in [0.4, 0.5) is 4.39 Å². The van der Waals surface area contributed by atoms with Crippen LogP contribution in [0.5, 0.6) is 0 Å². The Hall–Kier alpha value is -2.85. The average Bonchev–Trinajstić information content (AvgIpc) is 3.44. The summed E-state index contributed by atoms with van der Waals surface area (Å²) in [7, 11) is 0. The molecule has 1 aliphatic heterocycles. The number of aliphatic hydroxyl groups excluding tert-OH is 2. The van der Waals surface area contributed by atoms with Crippen molar-refractivity contribution in [3.63, 3.8) is 0 Å². The first-order valence-corrected chi connectivity index (χ1v) is 13.7. The van der Waals surface area contributed by atoms with Gasteiger partial charge in [-0.25, -0.2) is 4.39 Å². The van der Waals surface area contributed by atoms with Crippen molar-refractivity contribution < 1.29 is 24.1 Å². The van der Waals surface area contributed by atoms with Gasteiger partial charge in [0.25, 0.3) is 0 Å². The molecule has 8 nitrogen and oxygen atoms in total. The molecule has 39 heavy (non-hydrogen) atoms. The van der Waals surface area contributed by atoms with Gasteiger partial charge in [0.05, 0.1) is 37.6 Å². The number of H-pyrrole nitrogens is 1.